The molecular formula is C19H27NO. The number of rotatable bonds is 6. The van der Waals surface area contributed by atoms with Crippen molar-refractivity contribution in [3.05, 3.63) is 65.7 Å². The lowest BCUT2D eigenvalue weighted by Gasteiger charge is -2.20. The van der Waals surface area contributed by atoms with Crippen LogP contribution in [-0.2, 0) is 0 Å². The minimum atomic E-state index is 0.0924. The highest BCUT2D eigenvalue weighted by molar-refractivity contribution is 5.33. The topological polar surface area (TPSA) is 21.3 Å². The first-order chi connectivity index (χ1) is 10.3. The normalized spacial score (nSPS) is 11.2. The fourth-order valence-electron chi connectivity index (χ4n) is 2.08. The van der Waals surface area contributed by atoms with E-state index in [-0.39, 0.29) is 6.10 Å². The van der Waals surface area contributed by atoms with Gasteiger partial charge in [0, 0.05) is 6.42 Å². The maximum absolute atomic E-state index is 6.19. The van der Waals surface area contributed by atoms with Crippen molar-refractivity contribution in [2.24, 2.45) is 0 Å². The standard InChI is InChI=1S/C17H21NO.C2H6/c1-14-8-6-7-11-16(14)19-17(12-13-18-2)15-9-4-3-5-10-15;1-2/h3-11,17-18H,12-13H2,1-2H3;1-2H3. The largest absolute Gasteiger partial charge is 0.485 e. The van der Waals surface area contributed by atoms with Gasteiger partial charge < -0.3 is 10.1 Å². The highest BCUT2D eigenvalue weighted by Gasteiger charge is 2.13. The summed E-state index contributed by atoms with van der Waals surface area (Å²) in [6, 6.07) is 18.6. The van der Waals surface area contributed by atoms with Gasteiger partial charge in [-0.15, -0.1) is 0 Å². The van der Waals surface area contributed by atoms with Crippen molar-refractivity contribution in [1.82, 2.24) is 5.32 Å². The van der Waals surface area contributed by atoms with Crippen molar-refractivity contribution < 1.29 is 4.74 Å². The smallest absolute Gasteiger partial charge is 0.125 e. The Kier molecular flexibility index (Phi) is 8.22. The molecule has 0 spiro atoms. The molecule has 2 rings (SSSR count). The van der Waals surface area contributed by atoms with Crippen LogP contribution in [0.4, 0.5) is 0 Å². The molecule has 0 aliphatic heterocycles. The highest BCUT2D eigenvalue weighted by Crippen LogP contribution is 2.26. The second-order valence-corrected chi connectivity index (χ2v) is 4.67. The molecule has 2 aromatic carbocycles. The Morgan fingerprint density at radius 3 is 2.19 bits per heavy atom. The number of benzene rings is 2. The van der Waals surface area contributed by atoms with Gasteiger partial charge in [0.1, 0.15) is 11.9 Å². The molecule has 2 aromatic rings. The number of ether oxygens (including phenoxy) is 1. The molecule has 0 saturated carbocycles. The van der Waals surface area contributed by atoms with Crippen molar-refractivity contribution in [2.45, 2.75) is 33.3 Å². The lowest BCUT2D eigenvalue weighted by molar-refractivity contribution is 0.193. The maximum atomic E-state index is 6.19. The lowest BCUT2D eigenvalue weighted by atomic mass is 10.1. The Labute approximate surface area is 129 Å². The first kappa shape index (κ1) is 17.3. The van der Waals surface area contributed by atoms with Crippen LogP contribution in [0.5, 0.6) is 5.75 Å². The average Bonchev–Trinajstić information content (AvgIpc) is 2.56. The summed E-state index contributed by atoms with van der Waals surface area (Å²) in [5.74, 6) is 0.965. The van der Waals surface area contributed by atoms with Crippen molar-refractivity contribution in [3.8, 4) is 5.75 Å². The first-order valence-corrected chi connectivity index (χ1v) is 7.73. The van der Waals surface area contributed by atoms with Crippen LogP contribution in [0, 0.1) is 6.92 Å². The van der Waals surface area contributed by atoms with Crippen LogP contribution in [0.3, 0.4) is 0 Å². The molecule has 0 fully saturated rings. The van der Waals surface area contributed by atoms with E-state index in [2.05, 4.69) is 42.6 Å². The van der Waals surface area contributed by atoms with Gasteiger partial charge in [-0.3, -0.25) is 0 Å². The SMILES string of the molecule is CC.CNCCC(Oc1ccccc1C)c1ccccc1. The van der Waals surface area contributed by atoms with E-state index in [0.29, 0.717) is 0 Å². The summed E-state index contributed by atoms with van der Waals surface area (Å²) in [6.45, 7) is 7.01. The van der Waals surface area contributed by atoms with Crippen molar-refractivity contribution in [3.63, 3.8) is 0 Å². The molecule has 114 valence electrons. The minimum Gasteiger partial charge on any atom is -0.485 e. The minimum absolute atomic E-state index is 0.0924. The quantitative estimate of drug-likeness (QED) is 0.827. The van der Waals surface area contributed by atoms with E-state index in [1.54, 1.807) is 0 Å². The monoisotopic (exact) mass is 285 g/mol. The van der Waals surface area contributed by atoms with Gasteiger partial charge in [-0.2, -0.15) is 0 Å². The Morgan fingerprint density at radius 1 is 0.952 bits per heavy atom. The molecule has 0 aliphatic rings. The van der Waals surface area contributed by atoms with Crippen LogP contribution in [0.15, 0.2) is 54.6 Å². The molecule has 0 aromatic heterocycles. The van der Waals surface area contributed by atoms with Gasteiger partial charge in [-0.1, -0.05) is 62.4 Å². The Hall–Kier alpha value is -1.80. The number of nitrogens with one attached hydrogen (secondary N) is 1. The van der Waals surface area contributed by atoms with Crippen LogP contribution >= 0.6 is 0 Å². The fourth-order valence-corrected chi connectivity index (χ4v) is 2.08. The van der Waals surface area contributed by atoms with Crippen LogP contribution in [0.25, 0.3) is 0 Å². The van der Waals surface area contributed by atoms with Gasteiger partial charge in [-0.25, -0.2) is 0 Å². The fraction of sp³-hybridized carbons (Fsp3) is 0.368. The molecule has 0 aliphatic carbocycles. The van der Waals surface area contributed by atoms with E-state index < -0.39 is 0 Å². The molecule has 0 saturated heterocycles. The van der Waals surface area contributed by atoms with Gasteiger partial charge in [0.05, 0.1) is 0 Å². The number of para-hydroxylation sites is 1. The molecule has 0 bridgehead atoms. The van der Waals surface area contributed by atoms with Crippen LogP contribution in [0.2, 0.25) is 0 Å². The molecule has 1 atom stereocenters. The zero-order valence-corrected chi connectivity index (χ0v) is 13.6. The lowest BCUT2D eigenvalue weighted by Crippen LogP contribution is -2.16. The van der Waals surface area contributed by atoms with E-state index in [1.807, 2.05) is 45.2 Å². The van der Waals surface area contributed by atoms with Gasteiger partial charge in [0.15, 0.2) is 0 Å². The maximum Gasteiger partial charge on any atom is 0.125 e. The first-order valence-electron chi connectivity index (χ1n) is 7.73. The highest BCUT2D eigenvalue weighted by atomic mass is 16.5. The third kappa shape index (κ3) is 5.60. The van der Waals surface area contributed by atoms with Crippen LogP contribution < -0.4 is 10.1 Å². The Morgan fingerprint density at radius 2 is 1.57 bits per heavy atom. The van der Waals surface area contributed by atoms with Crippen molar-refractivity contribution >= 4 is 0 Å². The third-order valence-electron chi connectivity index (χ3n) is 3.19. The zero-order chi connectivity index (χ0) is 15.5. The summed E-state index contributed by atoms with van der Waals surface area (Å²) in [5, 5.41) is 3.19. The zero-order valence-electron chi connectivity index (χ0n) is 13.6. The van der Waals surface area contributed by atoms with E-state index >= 15 is 0 Å². The van der Waals surface area contributed by atoms with E-state index in [0.717, 1.165) is 18.7 Å². The molecule has 2 nitrogen and oxygen atoms in total. The van der Waals surface area contributed by atoms with Crippen molar-refractivity contribution in [1.29, 1.82) is 0 Å². The van der Waals surface area contributed by atoms with Crippen molar-refractivity contribution in [2.75, 3.05) is 13.6 Å². The van der Waals surface area contributed by atoms with Gasteiger partial charge in [0.2, 0.25) is 0 Å². The molecular weight excluding hydrogens is 258 g/mol. The summed E-state index contributed by atoms with van der Waals surface area (Å²) in [7, 11) is 1.97. The second kappa shape index (κ2) is 10.0. The molecule has 21 heavy (non-hydrogen) atoms. The number of hydrogen-bond acceptors (Lipinski definition) is 2. The third-order valence-corrected chi connectivity index (χ3v) is 3.19. The summed E-state index contributed by atoms with van der Waals surface area (Å²) in [5.41, 5.74) is 2.40. The predicted molar refractivity (Wildman–Crippen MR) is 90.9 cm³/mol. The average molecular weight is 285 g/mol. The van der Waals surface area contributed by atoms with E-state index in [9.17, 15) is 0 Å². The molecule has 0 radical (unpaired) electrons. The van der Waals surface area contributed by atoms with Crippen LogP contribution in [0.1, 0.15) is 37.5 Å². The van der Waals surface area contributed by atoms with E-state index in [1.165, 1.54) is 11.1 Å². The van der Waals surface area contributed by atoms with Gasteiger partial charge in [-0.05, 0) is 37.7 Å². The van der Waals surface area contributed by atoms with E-state index in [4.69, 9.17) is 4.74 Å². The number of aryl methyl sites for hydroxylation is 1. The summed E-state index contributed by atoms with van der Waals surface area (Å²) in [6.07, 6.45) is 1.05. The summed E-state index contributed by atoms with van der Waals surface area (Å²) in [4.78, 5) is 0. The molecule has 0 heterocycles. The molecule has 1 unspecified atom stereocenters. The van der Waals surface area contributed by atoms with Gasteiger partial charge in [0.25, 0.3) is 0 Å². The molecule has 2 heteroatoms. The molecule has 0 amide bonds. The van der Waals surface area contributed by atoms with Gasteiger partial charge >= 0.3 is 0 Å². The second-order valence-electron chi connectivity index (χ2n) is 4.67. The summed E-state index contributed by atoms with van der Waals surface area (Å²) >= 11 is 0. The molecule has 1 N–H and O–H groups in total. The predicted octanol–water partition coefficient (Wildman–Crippen LogP) is 4.75. The Balaban J connectivity index is 0.00000106. The number of hydrogen-bond donors (Lipinski definition) is 1. The summed E-state index contributed by atoms with van der Waals surface area (Å²) < 4.78 is 6.19. The van der Waals surface area contributed by atoms with Crippen LogP contribution in [-0.4, -0.2) is 13.6 Å². The Bertz CT molecular complexity index is 496.